The number of rotatable bonds is 4. The molecule has 0 aromatic carbocycles. The minimum Gasteiger partial charge on any atom is -0.374 e. The normalized spacial score (nSPS) is 19.0. The van der Waals surface area contributed by atoms with Crippen LogP contribution in [0.3, 0.4) is 0 Å². The third-order valence-electron chi connectivity index (χ3n) is 4.08. The molecule has 0 saturated heterocycles. The number of carbonyl (C=O) groups is 1. The lowest BCUT2D eigenvalue weighted by molar-refractivity contribution is -0.272. The number of aryl methyl sites for hydroxylation is 1. The van der Waals surface area contributed by atoms with E-state index in [-0.39, 0.29) is 6.04 Å². The van der Waals surface area contributed by atoms with Crippen LogP contribution in [0.15, 0.2) is 12.4 Å². The van der Waals surface area contributed by atoms with E-state index in [1.54, 1.807) is 0 Å². The molecule has 1 heterocycles. The molecule has 1 N–H and O–H groups in total. The van der Waals surface area contributed by atoms with Crippen molar-refractivity contribution in [3.05, 3.63) is 18.2 Å². The number of hydrogen-bond acceptors (Lipinski definition) is 3. The number of alkyl halides is 3. The molecule has 0 aliphatic heterocycles. The molecule has 0 bridgehead atoms. The summed E-state index contributed by atoms with van der Waals surface area (Å²) < 4.78 is 41.0. The highest BCUT2D eigenvalue weighted by Gasteiger charge is 2.59. The second kappa shape index (κ2) is 5.32. The molecule has 118 valence electrons. The van der Waals surface area contributed by atoms with Crippen molar-refractivity contribution in [3.63, 3.8) is 0 Å². The highest BCUT2D eigenvalue weighted by Crippen LogP contribution is 2.41. The first-order valence-corrected chi connectivity index (χ1v) is 6.69. The van der Waals surface area contributed by atoms with Crippen LogP contribution >= 0.6 is 0 Å². The molecule has 5 nitrogen and oxygen atoms in total. The van der Waals surface area contributed by atoms with Crippen molar-refractivity contribution in [3.8, 4) is 0 Å². The Kier molecular flexibility index (Phi) is 4.01. The molecule has 1 unspecified atom stereocenters. The average Bonchev–Trinajstić information content (AvgIpc) is 2.71. The van der Waals surface area contributed by atoms with Crippen LogP contribution in [0.4, 0.5) is 13.2 Å². The van der Waals surface area contributed by atoms with Gasteiger partial charge < -0.3 is 14.6 Å². The van der Waals surface area contributed by atoms with Gasteiger partial charge in [0, 0.05) is 32.5 Å². The van der Waals surface area contributed by atoms with Crippen LogP contribution in [-0.4, -0.2) is 44.7 Å². The number of imidazole rings is 1. The van der Waals surface area contributed by atoms with E-state index in [2.05, 4.69) is 4.98 Å². The summed E-state index contributed by atoms with van der Waals surface area (Å²) in [5.74, 6) is -1.31. The summed E-state index contributed by atoms with van der Waals surface area (Å²) in [7, 11) is 2.82. The van der Waals surface area contributed by atoms with Gasteiger partial charge in [-0.2, -0.15) is 13.2 Å². The Balaban J connectivity index is 2.25. The van der Waals surface area contributed by atoms with E-state index in [4.69, 9.17) is 0 Å². The Bertz CT molecular complexity index is 525. The summed E-state index contributed by atoms with van der Waals surface area (Å²) in [6.07, 6.45) is -1.05. The third-order valence-corrected chi connectivity index (χ3v) is 4.08. The third kappa shape index (κ3) is 2.76. The van der Waals surface area contributed by atoms with Gasteiger partial charge in [-0.15, -0.1) is 0 Å². The van der Waals surface area contributed by atoms with E-state index in [0.717, 1.165) is 30.0 Å². The Hall–Kier alpha value is -1.57. The van der Waals surface area contributed by atoms with Crippen LogP contribution < -0.4 is 0 Å². The van der Waals surface area contributed by atoms with Gasteiger partial charge in [-0.1, -0.05) is 0 Å². The second-order valence-electron chi connectivity index (χ2n) is 5.49. The van der Waals surface area contributed by atoms with E-state index in [9.17, 15) is 23.1 Å². The van der Waals surface area contributed by atoms with Crippen LogP contribution in [0.1, 0.15) is 31.5 Å². The average molecular weight is 305 g/mol. The van der Waals surface area contributed by atoms with Crippen molar-refractivity contribution in [1.29, 1.82) is 0 Å². The topological polar surface area (TPSA) is 58.4 Å². The van der Waals surface area contributed by atoms with Gasteiger partial charge in [-0.05, 0) is 19.3 Å². The maximum atomic E-state index is 13.3. The van der Waals surface area contributed by atoms with Crippen molar-refractivity contribution in [2.45, 2.75) is 43.5 Å². The van der Waals surface area contributed by atoms with E-state index < -0.39 is 29.9 Å². The number of aliphatic hydroxyl groups is 1. The summed E-state index contributed by atoms with van der Waals surface area (Å²) in [6, 6.07) is -0.0312. The highest BCUT2D eigenvalue weighted by molar-refractivity contribution is 5.77. The summed E-state index contributed by atoms with van der Waals surface area (Å²) in [5, 5.41) is 10.1. The molecule has 2 rings (SSSR count). The summed E-state index contributed by atoms with van der Waals surface area (Å²) in [6.45, 7) is 0. The number of nitrogens with zero attached hydrogens (tertiary/aromatic N) is 3. The number of halogens is 3. The van der Waals surface area contributed by atoms with Crippen molar-refractivity contribution in [2.75, 3.05) is 7.05 Å². The Labute approximate surface area is 120 Å². The lowest BCUT2D eigenvalue weighted by Crippen LogP contribution is -2.50. The molecule has 0 radical (unpaired) electrons. The first kappa shape index (κ1) is 15.8. The van der Waals surface area contributed by atoms with E-state index in [1.807, 2.05) is 0 Å². The lowest BCUT2D eigenvalue weighted by atomic mass is 9.90. The molecule has 1 saturated carbocycles. The Morgan fingerprint density at radius 3 is 2.52 bits per heavy atom. The van der Waals surface area contributed by atoms with E-state index in [0.29, 0.717) is 0 Å². The van der Waals surface area contributed by atoms with Crippen LogP contribution in [-0.2, 0) is 17.4 Å². The first-order valence-electron chi connectivity index (χ1n) is 6.69. The van der Waals surface area contributed by atoms with Crippen LogP contribution in [0.5, 0.6) is 0 Å². The summed E-state index contributed by atoms with van der Waals surface area (Å²) in [4.78, 5) is 16.9. The van der Waals surface area contributed by atoms with Gasteiger partial charge in [-0.3, -0.25) is 4.79 Å². The van der Waals surface area contributed by atoms with E-state index >= 15 is 0 Å². The summed E-state index contributed by atoms with van der Waals surface area (Å²) >= 11 is 0. The van der Waals surface area contributed by atoms with Crippen molar-refractivity contribution in [2.24, 2.45) is 7.05 Å². The predicted octanol–water partition coefficient (Wildman–Crippen LogP) is 1.57. The lowest BCUT2D eigenvalue weighted by Gasteiger charge is -2.37. The summed E-state index contributed by atoms with van der Waals surface area (Å²) in [5.41, 5.74) is -3.28. The SMILES string of the molecule is CN(C(=O)CC(O)(c1nccn1C)C(F)(F)F)C1CCC1. The molecule has 1 aliphatic rings. The van der Waals surface area contributed by atoms with Gasteiger partial charge in [0.05, 0.1) is 6.42 Å². The maximum Gasteiger partial charge on any atom is 0.425 e. The second-order valence-corrected chi connectivity index (χ2v) is 5.49. The van der Waals surface area contributed by atoms with Crippen molar-refractivity contribution in [1.82, 2.24) is 14.5 Å². The van der Waals surface area contributed by atoms with Gasteiger partial charge in [0.1, 0.15) is 0 Å². The zero-order valence-electron chi connectivity index (χ0n) is 11.9. The minimum atomic E-state index is -4.98. The minimum absolute atomic E-state index is 0.0312. The zero-order chi connectivity index (χ0) is 15.8. The number of hydrogen-bond donors (Lipinski definition) is 1. The number of amides is 1. The molecule has 0 spiro atoms. The molecule has 1 aromatic rings. The monoisotopic (exact) mass is 305 g/mol. The Morgan fingerprint density at radius 1 is 1.52 bits per heavy atom. The van der Waals surface area contributed by atoms with Gasteiger partial charge in [0.2, 0.25) is 11.5 Å². The molecular weight excluding hydrogens is 287 g/mol. The van der Waals surface area contributed by atoms with Crippen molar-refractivity contribution < 1.29 is 23.1 Å². The molecule has 1 atom stereocenters. The molecule has 1 fully saturated rings. The fourth-order valence-electron chi connectivity index (χ4n) is 2.39. The van der Waals surface area contributed by atoms with E-state index in [1.165, 1.54) is 25.2 Å². The quantitative estimate of drug-likeness (QED) is 0.918. The van der Waals surface area contributed by atoms with Gasteiger partial charge >= 0.3 is 6.18 Å². The molecule has 1 aliphatic carbocycles. The molecule has 1 amide bonds. The molecular formula is C13H18F3N3O2. The zero-order valence-corrected chi connectivity index (χ0v) is 11.9. The van der Waals surface area contributed by atoms with Gasteiger partial charge in [0.25, 0.3) is 0 Å². The fourth-order valence-corrected chi connectivity index (χ4v) is 2.39. The van der Waals surface area contributed by atoms with Crippen LogP contribution in [0.2, 0.25) is 0 Å². The van der Waals surface area contributed by atoms with Crippen LogP contribution in [0, 0.1) is 0 Å². The van der Waals surface area contributed by atoms with Gasteiger partial charge in [0.15, 0.2) is 5.82 Å². The fraction of sp³-hybridized carbons (Fsp3) is 0.692. The smallest absolute Gasteiger partial charge is 0.374 e. The standard InChI is InChI=1S/C13H18F3N3O2/c1-18-7-6-17-11(18)12(21,13(14,15)16)8-10(20)19(2)9-4-3-5-9/h6-7,9,21H,3-5,8H2,1-2H3. The number of carbonyl (C=O) groups excluding carboxylic acids is 1. The highest BCUT2D eigenvalue weighted by atomic mass is 19.4. The molecule has 1 aromatic heterocycles. The van der Waals surface area contributed by atoms with Gasteiger partial charge in [-0.25, -0.2) is 4.98 Å². The maximum absolute atomic E-state index is 13.3. The molecule has 8 heteroatoms. The van der Waals surface area contributed by atoms with Crippen molar-refractivity contribution >= 4 is 5.91 Å². The van der Waals surface area contributed by atoms with Crippen LogP contribution in [0.25, 0.3) is 0 Å². The Morgan fingerprint density at radius 2 is 2.14 bits per heavy atom. The largest absolute Gasteiger partial charge is 0.425 e. The predicted molar refractivity (Wildman–Crippen MR) is 68.2 cm³/mol. The number of aromatic nitrogens is 2. The molecule has 21 heavy (non-hydrogen) atoms. The first-order chi connectivity index (χ1) is 9.67.